The van der Waals surface area contributed by atoms with E-state index >= 15 is 0 Å². The molecule has 0 heterocycles. The molecule has 0 amide bonds. The van der Waals surface area contributed by atoms with E-state index in [0.29, 0.717) is 13.1 Å². The van der Waals surface area contributed by atoms with Crippen LogP contribution in [0.5, 0.6) is 0 Å². The van der Waals surface area contributed by atoms with E-state index in [1.54, 1.807) is 0 Å². The highest BCUT2D eigenvalue weighted by atomic mass is 15.1. The summed E-state index contributed by atoms with van der Waals surface area (Å²) in [5.74, 6) is 0. The van der Waals surface area contributed by atoms with Gasteiger partial charge in [-0.1, -0.05) is 50.2 Å². The Morgan fingerprint density at radius 1 is 1.24 bits per heavy atom. The first-order chi connectivity index (χ1) is 8.04. The molecule has 0 unspecified atom stereocenters. The van der Waals surface area contributed by atoms with Gasteiger partial charge in [0.1, 0.15) is 0 Å². The largest absolute Gasteiger partial charge is 0.313 e. The van der Waals surface area contributed by atoms with Crippen LogP contribution in [0.1, 0.15) is 31.9 Å². The minimum atomic E-state index is 0.202. The van der Waals surface area contributed by atoms with E-state index in [0.717, 1.165) is 6.54 Å². The van der Waals surface area contributed by atoms with Crippen molar-refractivity contribution in [2.24, 2.45) is 5.11 Å². The Morgan fingerprint density at radius 2 is 1.88 bits per heavy atom. The van der Waals surface area contributed by atoms with Crippen LogP contribution >= 0.6 is 0 Å². The van der Waals surface area contributed by atoms with Gasteiger partial charge in [-0.2, -0.15) is 0 Å². The van der Waals surface area contributed by atoms with Crippen molar-refractivity contribution in [1.82, 2.24) is 5.32 Å². The van der Waals surface area contributed by atoms with Gasteiger partial charge in [0, 0.05) is 24.5 Å². The smallest absolute Gasteiger partial charge is 0.0383 e. The van der Waals surface area contributed by atoms with Gasteiger partial charge in [-0.05, 0) is 22.1 Å². The summed E-state index contributed by atoms with van der Waals surface area (Å²) in [5.41, 5.74) is 10.9. The van der Waals surface area contributed by atoms with E-state index < -0.39 is 0 Å². The van der Waals surface area contributed by atoms with Crippen LogP contribution in [0.4, 0.5) is 0 Å². The third-order valence-corrected chi connectivity index (χ3v) is 2.60. The second kappa shape index (κ2) is 6.28. The maximum Gasteiger partial charge on any atom is 0.0383 e. The first-order valence-electron chi connectivity index (χ1n) is 5.85. The summed E-state index contributed by atoms with van der Waals surface area (Å²) in [6.45, 7) is 8.65. The van der Waals surface area contributed by atoms with Crippen LogP contribution in [0.3, 0.4) is 0 Å². The highest BCUT2D eigenvalue weighted by Crippen LogP contribution is 2.21. The van der Waals surface area contributed by atoms with Crippen molar-refractivity contribution >= 4 is 0 Å². The van der Waals surface area contributed by atoms with Crippen molar-refractivity contribution in [3.05, 3.63) is 45.8 Å². The third kappa shape index (κ3) is 4.89. The molecule has 4 nitrogen and oxygen atoms in total. The molecule has 1 N–H and O–H groups in total. The molecule has 0 saturated heterocycles. The Balaban J connectivity index is 2.43. The van der Waals surface area contributed by atoms with Gasteiger partial charge in [-0.3, -0.25) is 0 Å². The maximum absolute atomic E-state index is 8.12. The van der Waals surface area contributed by atoms with E-state index in [9.17, 15) is 0 Å². The second-order valence-corrected chi connectivity index (χ2v) is 5.08. The highest BCUT2D eigenvalue weighted by Gasteiger charge is 2.12. The number of hydrogen-bond donors (Lipinski definition) is 1. The summed E-state index contributed by atoms with van der Waals surface area (Å²) >= 11 is 0. The Bertz CT molecular complexity index is 383. The minimum absolute atomic E-state index is 0.202. The lowest BCUT2D eigenvalue weighted by Gasteiger charge is -2.19. The average Bonchev–Trinajstić information content (AvgIpc) is 2.28. The quantitative estimate of drug-likeness (QED) is 0.360. The summed E-state index contributed by atoms with van der Waals surface area (Å²) in [4.78, 5) is 2.70. The van der Waals surface area contributed by atoms with Gasteiger partial charge >= 0.3 is 0 Å². The zero-order valence-electron chi connectivity index (χ0n) is 10.8. The zero-order valence-corrected chi connectivity index (χ0v) is 10.8. The topological polar surface area (TPSA) is 60.8 Å². The van der Waals surface area contributed by atoms with Crippen molar-refractivity contribution < 1.29 is 0 Å². The van der Waals surface area contributed by atoms with E-state index in [1.807, 2.05) is 0 Å². The van der Waals surface area contributed by atoms with Crippen LogP contribution < -0.4 is 5.32 Å². The van der Waals surface area contributed by atoms with Gasteiger partial charge < -0.3 is 5.32 Å². The monoisotopic (exact) mass is 232 g/mol. The predicted molar refractivity (Wildman–Crippen MR) is 70.9 cm³/mol. The van der Waals surface area contributed by atoms with Crippen molar-refractivity contribution in [1.29, 1.82) is 0 Å². The van der Waals surface area contributed by atoms with E-state index in [-0.39, 0.29) is 5.41 Å². The Kier molecular flexibility index (Phi) is 5.01. The molecule has 92 valence electrons. The van der Waals surface area contributed by atoms with Crippen molar-refractivity contribution in [3.8, 4) is 0 Å². The molecule has 0 aliphatic heterocycles. The lowest BCUT2D eigenvalue weighted by Crippen LogP contribution is -2.17. The molecule has 0 fully saturated rings. The van der Waals surface area contributed by atoms with E-state index in [4.69, 9.17) is 5.53 Å². The lowest BCUT2D eigenvalue weighted by atomic mass is 9.87. The van der Waals surface area contributed by atoms with Crippen LogP contribution in [0.25, 0.3) is 10.4 Å². The van der Waals surface area contributed by atoms with Crippen LogP contribution in [0.2, 0.25) is 0 Å². The number of azide groups is 1. The molecule has 17 heavy (non-hydrogen) atoms. The number of rotatable bonds is 5. The first kappa shape index (κ1) is 13.6. The third-order valence-electron chi connectivity index (χ3n) is 2.60. The molecule has 1 rings (SSSR count). The van der Waals surface area contributed by atoms with Gasteiger partial charge in [0.15, 0.2) is 0 Å². The van der Waals surface area contributed by atoms with Crippen molar-refractivity contribution in [2.45, 2.75) is 32.7 Å². The first-order valence-corrected chi connectivity index (χ1v) is 5.85. The summed E-state index contributed by atoms with van der Waals surface area (Å²) in [7, 11) is 0. The van der Waals surface area contributed by atoms with Gasteiger partial charge in [0.05, 0.1) is 0 Å². The molecule has 0 bridgehead atoms. The van der Waals surface area contributed by atoms with Crippen molar-refractivity contribution in [2.75, 3.05) is 13.1 Å². The standard InChI is InChI=1S/C13H20N4/c1-13(2,3)12-6-4-11(5-7-12)10-15-8-9-16-17-14/h4-7,15H,8-10H2,1-3H3. The molecule has 0 saturated carbocycles. The number of nitrogens with one attached hydrogen (secondary N) is 1. The summed E-state index contributed by atoms with van der Waals surface area (Å²) in [6.07, 6.45) is 0. The molecular formula is C13H20N4. The van der Waals surface area contributed by atoms with Crippen LogP contribution in [-0.2, 0) is 12.0 Å². The van der Waals surface area contributed by atoms with E-state index in [1.165, 1.54) is 11.1 Å². The Labute approximate surface area is 103 Å². The van der Waals surface area contributed by atoms with Crippen LogP contribution in [0, 0.1) is 0 Å². The van der Waals surface area contributed by atoms with E-state index in [2.05, 4.69) is 60.4 Å². The van der Waals surface area contributed by atoms with Crippen LogP contribution in [0.15, 0.2) is 29.4 Å². The molecule has 0 spiro atoms. The SMILES string of the molecule is CC(C)(C)c1ccc(CNCCN=[N+]=[N-])cc1. The zero-order chi connectivity index (χ0) is 12.7. The molecule has 0 aromatic heterocycles. The van der Waals surface area contributed by atoms with Gasteiger partial charge in [-0.25, -0.2) is 0 Å². The number of benzene rings is 1. The fourth-order valence-electron chi connectivity index (χ4n) is 1.53. The number of nitrogens with zero attached hydrogens (tertiary/aromatic N) is 3. The molecule has 4 heteroatoms. The second-order valence-electron chi connectivity index (χ2n) is 5.08. The molecular weight excluding hydrogens is 212 g/mol. The number of hydrogen-bond acceptors (Lipinski definition) is 2. The summed E-state index contributed by atoms with van der Waals surface area (Å²) in [6, 6.07) is 8.62. The van der Waals surface area contributed by atoms with Gasteiger partial charge in [0.2, 0.25) is 0 Å². The molecule has 1 aromatic rings. The van der Waals surface area contributed by atoms with Gasteiger partial charge in [0.25, 0.3) is 0 Å². The molecule has 0 aliphatic carbocycles. The Morgan fingerprint density at radius 3 is 2.41 bits per heavy atom. The summed E-state index contributed by atoms with van der Waals surface area (Å²) in [5, 5.41) is 6.70. The molecule has 0 aliphatic rings. The lowest BCUT2D eigenvalue weighted by molar-refractivity contribution is 0.589. The normalized spacial score (nSPS) is 11.0. The Hall–Kier alpha value is -1.51. The summed E-state index contributed by atoms with van der Waals surface area (Å²) < 4.78 is 0. The highest BCUT2D eigenvalue weighted by molar-refractivity contribution is 5.27. The fourth-order valence-corrected chi connectivity index (χ4v) is 1.53. The van der Waals surface area contributed by atoms with Crippen molar-refractivity contribution in [3.63, 3.8) is 0 Å². The molecule has 0 radical (unpaired) electrons. The maximum atomic E-state index is 8.12. The molecule has 1 aromatic carbocycles. The fraction of sp³-hybridized carbons (Fsp3) is 0.538. The van der Waals surface area contributed by atoms with Crippen LogP contribution in [-0.4, -0.2) is 13.1 Å². The molecule has 0 atom stereocenters. The minimum Gasteiger partial charge on any atom is -0.313 e. The van der Waals surface area contributed by atoms with Gasteiger partial charge in [-0.15, -0.1) is 0 Å². The predicted octanol–water partition coefficient (Wildman–Crippen LogP) is 3.38. The average molecular weight is 232 g/mol.